The first-order valence-corrected chi connectivity index (χ1v) is 8.08. The van der Waals surface area contributed by atoms with Crippen LogP contribution in [-0.4, -0.2) is 7.05 Å². The molecule has 2 aromatic carbocycles. The average molecular weight is 306 g/mol. The highest BCUT2D eigenvalue weighted by Gasteiger charge is 2.08. The third kappa shape index (κ3) is 4.02. The zero-order chi connectivity index (χ0) is 14.5. The number of thioether (sulfide) groups is 1. The summed E-state index contributed by atoms with van der Waals surface area (Å²) < 4.78 is 0. The molecular weight excluding hydrogens is 286 g/mol. The third-order valence-electron chi connectivity index (χ3n) is 3.08. The summed E-state index contributed by atoms with van der Waals surface area (Å²) in [5, 5.41) is 4.04. The highest BCUT2D eigenvalue weighted by molar-refractivity contribution is 7.98. The second-order valence-corrected chi connectivity index (χ2v) is 6.44. The van der Waals surface area contributed by atoms with E-state index in [1.54, 1.807) is 0 Å². The lowest BCUT2D eigenvalue weighted by molar-refractivity contribution is 0.803. The molecule has 0 saturated heterocycles. The Morgan fingerprint density at radius 2 is 1.80 bits per heavy atom. The average Bonchev–Trinajstić information content (AvgIpc) is 2.37. The number of benzene rings is 2. The third-order valence-corrected chi connectivity index (χ3v) is 4.76. The van der Waals surface area contributed by atoms with Crippen LogP contribution in [0.1, 0.15) is 22.3 Å². The second kappa shape index (κ2) is 7.16. The van der Waals surface area contributed by atoms with Gasteiger partial charge in [-0.2, -0.15) is 0 Å². The van der Waals surface area contributed by atoms with Crippen LogP contribution in [-0.2, 0) is 12.3 Å². The van der Waals surface area contributed by atoms with E-state index < -0.39 is 0 Å². The van der Waals surface area contributed by atoms with Gasteiger partial charge < -0.3 is 5.32 Å². The van der Waals surface area contributed by atoms with Gasteiger partial charge in [-0.1, -0.05) is 53.1 Å². The zero-order valence-corrected chi connectivity index (χ0v) is 13.7. The Morgan fingerprint density at radius 1 is 1.10 bits per heavy atom. The minimum absolute atomic E-state index is 0.840. The maximum absolute atomic E-state index is 6.35. The van der Waals surface area contributed by atoms with E-state index in [9.17, 15) is 0 Å². The SMILES string of the molecule is CNCc1cccc(Cl)c1SCc1cc(C)cc(C)c1. The van der Waals surface area contributed by atoms with Crippen molar-refractivity contribution in [2.24, 2.45) is 0 Å². The normalized spacial score (nSPS) is 10.8. The van der Waals surface area contributed by atoms with E-state index in [2.05, 4.69) is 43.4 Å². The minimum Gasteiger partial charge on any atom is -0.316 e. The molecule has 0 aliphatic rings. The van der Waals surface area contributed by atoms with E-state index in [-0.39, 0.29) is 0 Å². The summed E-state index contributed by atoms with van der Waals surface area (Å²) in [4.78, 5) is 1.18. The van der Waals surface area contributed by atoms with Crippen LogP contribution in [0.5, 0.6) is 0 Å². The molecule has 0 spiro atoms. The Bertz CT molecular complexity index is 575. The van der Waals surface area contributed by atoms with Crippen LogP contribution in [0.4, 0.5) is 0 Å². The molecule has 0 unspecified atom stereocenters. The molecule has 106 valence electrons. The first-order chi connectivity index (χ1) is 9.60. The van der Waals surface area contributed by atoms with E-state index in [0.717, 1.165) is 17.3 Å². The lowest BCUT2D eigenvalue weighted by atomic mass is 10.1. The number of rotatable bonds is 5. The number of nitrogens with one attached hydrogen (secondary N) is 1. The molecule has 0 aromatic heterocycles. The summed E-state index contributed by atoms with van der Waals surface area (Å²) in [6, 6.07) is 12.8. The molecule has 0 bridgehead atoms. The predicted molar refractivity (Wildman–Crippen MR) is 89.7 cm³/mol. The molecule has 0 heterocycles. The van der Waals surface area contributed by atoms with Crippen molar-refractivity contribution in [1.82, 2.24) is 5.32 Å². The van der Waals surface area contributed by atoms with Crippen molar-refractivity contribution in [3.63, 3.8) is 0 Å². The Hall–Kier alpha value is -0.960. The van der Waals surface area contributed by atoms with E-state index in [0.29, 0.717) is 0 Å². The van der Waals surface area contributed by atoms with Crippen molar-refractivity contribution in [3.8, 4) is 0 Å². The lowest BCUT2D eigenvalue weighted by Gasteiger charge is -2.11. The van der Waals surface area contributed by atoms with Crippen molar-refractivity contribution >= 4 is 23.4 Å². The number of hydrogen-bond acceptors (Lipinski definition) is 2. The second-order valence-electron chi connectivity index (χ2n) is 5.04. The van der Waals surface area contributed by atoms with Gasteiger partial charge in [0.2, 0.25) is 0 Å². The Balaban J connectivity index is 2.18. The van der Waals surface area contributed by atoms with Gasteiger partial charge in [-0.3, -0.25) is 0 Å². The topological polar surface area (TPSA) is 12.0 Å². The smallest absolute Gasteiger partial charge is 0.0545 e. The van der Waals surface area contributed by atoms with E-state index >= 15 is 0 Å². The fourth-order valence-electron chi connectivity index (χ4n) is 2.35. The van der Waals surface area contributed by atoms with Crippen molar-refractivity contribution in [2.75, 3.05) is 7.05 Å². The van der Waals surface area contributed by atoms with Crippen LogP contribution in [0.3, 0.4) is 0 Å². The molecule has 1 nitrogen and oxygen atoms in total. The van der Waals surface area contributed by atoms with Gasteiger partial charge in [-0.15, -0.1) is 11.8 Å². The molecule has 0 fully saturated rings. The van der Waals surface area contributed by atoms with Gasteiger partial charge in [0, 0.05) is 17.2 Å². The fourth-order valence-corrected chi connectivity index (χ4v) is 3.72. The maximum Gasteiger partial charge on any atom is 0.0545 e. The van der Waals surface area contributed by atoms with E-state index in [4.69, 9.17) is 11.6 Å². The summed E-state index contributed by atoms with van der Waals surface area (Å²) in [7, 11) is 1.96. The van der Waals surface area contributed by atoms with Crippen molar-refractivity contribution in [2.45, 2.75) is 31.0 Å². The molecule has 2 aromatic rings. The van der Waals surface area contributed by atoms with Gasteiger partial charge in [0.1, 0.15) is 0 Å². The molecule has 0 aliphatic heterocycles. The van der Waals surface area contributed by atoms with Crippen molar-refractivity contribution in [3.05, 3.63) is 63.7 Å². The quantitative estimate of drug-likeness (QED) is 0.783. The largest absolute Gasteiger partial charge is 0.316 e. The van der Waals surface area contributed by atoms with Gasteiger partial charge in [0.15, 0.2) is 0 Å². The highest BCUT2D eigenvalue weighted by atomic mass is 35.5. The molecule has 3 heteroatoms. The molecule has 0 atom stereocenters. The summed E-state index contributed by atoms with van der Waals surface area (Å²) >= 11 is 8.16. The van der Waals surface area contributed by atoms with Gasteiger partial charge in [0.05, 0.1) is 5.02 Å². The predicted octanol–water partition coefficient (Wildman–Crippen LogP) is 4.97. The summed E-state index contributed by atoms with van der Waals surface area (Å²) in [6.45, 7) is 5.13. The molecule has 2 rings (SSSR count). The van der Waals surface area contributed by atoms with E-state index in [1.165, 1.54) is 27.1 Å². The van der Waals surface area contributed by atoms with Crippen LogP contribution in [0.15, 0.2) is 41.3 Å². The fraction of sp³-hybridized carbons (Fsp3) is 0.294. The Morgan fingerprint density at radius 3 is 2.45 bits per heavy atom. The van der Waals surface area contributed by atoms with Crippen LogP contribution >= 0.6 is 23.4 Å². The molecule has 20 heavy (non-hydrogen) atoms. The summed E-state index contributed by atoms with van der Waals surface area (Å²) in [5.41, 5.74) is 5.24. The number of aryl methyl sites for hydroxylation is 2. The molecule has 1 N–H and O–H groups in total. The maximum atomic E-state index is 6.35. The zero-order valence-electron chi connectivity index (χ0n) is 12.2. The van der Waals surface area contributed by atoms with Gasteiger partial charge >= 0.3 is 0 Å². The van der Waals surface area contributed by atoms with Gasteiger partial charge in [0.25, 0.3) is 0 Å². The number of halogens is 1. The standard InChI is InChI=1S/C17H20ClNS/c1-12-7-13(2)9-14(8-12)11-20-17-15(10-19-3)5-4-6-16(17)18/h4-9,19H,10-11H2,1-3H3. The van der Waals surface area contributed by atoms with Crippen LogP contribution in [0.2, 0.25) is 5.02 Å². The van der Waals surface area contributed by atoms with Crippen LogP contribution in [0, 0.1) is 13.8 Å². The van der Waals surface area contributed by atoms with Gasteiger partial charge in [-0.05, 0) is 38.1 Å². The van der Waals surface area contributed by atoms with Crippen LogP contribution < -0.4 is 5.32 Å². The minimum atomic E-state index is 0.840. The molecule has 0 saturated carbocycles. The summed E-state index contributed by atoms with van der Waals surface area (Å²) in [6.07, 6.45) is 0. The van der Waals surface area contributed by atoms with Crippen LogP contribution in [0.25, 0.3) is 0 Å². The molecular formula is C17H20ClNS. The highest BCUT2D eigenvalue weighted by Crippen LogP contribution is 2.33. The van der Waals surface area contributed by atoms with Crippen molar-refractivity contribution < 1.29 is 0 Å². The molecule has 0 amide bonds. The van der Waals surface area contributed by atoms with E-state index in [1.807, 2.05) is 30.9 Å². The van der Waals surface area contributed by atoms with Crippen molar-refractivity contribution in [1.29, 1.82) is 0 Å². The first kappa shape index (κ1) is 15.4. The lowest BCUT2D eigenvalue weighted by Crippen LogP contribution is -2.06. The summed E-state index contributed by atoms with van der Waals surface area (Å²) in [5.74, 6) is 0.947. The first-order valence-electron chi connectivity index (χ1n) is 6.72. The monoisotopic (exact) mass is 305 g/mol. The molecule has 0 radical (unpaired) electrons. The number of hydrogen-bond donors (Lipinski definition) is 1. The Kier molecular flexibility index (Phi) is 5.53. The Labute approximate surface area is 130 Å². The molecule has 0 aliphatic carbocycles. The van der Waals surface area contributed by atoms with Gasteiger partial charge in [-0.25, -0.2) is 0 Å².